The second kappa shape index (κ2) is 10.5. The van der Waals surface area contributed by atoms with E-state index < -0.39 is 0 Å². The van der Waals surface area contributed by atoms with E-state index in [1.807, 2.05) is 25.1 Å². The molecule has 0 spiro atoms. The molecule has 1 fully saturated rings. The molecule has 1 aromatic carbocycles. The minimum absolute atomic E-state index is 0. The normalized spacial score (nSPS) is 16.1. The number of rotatable bonds is 4. The summed E-state index contributed by atoms with van der Waals surface area (Å²) in [6.07, 6.45) is 6.63. The second-order valence-electron chi connectivity index (χ2n) is 6.79. The van der Waals surface area contributed by atoms with E-state index in [2.05, 4.69) is 34.1 Å². The third-order valence-corrected chi connectivity index (χ3v) is 4.86. The molecular weight excluding hydrogens is 383 g/mol. The molecule has 0 bridgehead atoms. The van der Waals surface area contributed by atoms with Crippen molar-refractivity contribution in [3.05, 3.63) is 48.3 Å². The summed E-state index contributed by atoms with van der Waals surface area (Å²) in [6, 6.07) is 10.3. The number of nitrogens with two attached hydrogens (primary N) is 1. The zero-order chi connectivity index (χ0) is 17.8. The van der Waals surface area contributed by atoms with Crippen molar-refractivity contribution < 1.29 is 4.79 Å². The first-order chi connectivity index (χ1) is 12.1. The number of amides is 1. The average Bonchev–Trinajstić information content (AvgIpc) is 2.67. The number of hydrogen-bond donors (Lipinski definition) is 1. The first-order valence-electron chi connectivity index (χ1n) is 8.84. The molecule has 1 aliphatic heterocycles. The highest BCUT2D eigenvalue weighted by molar-refractivity contribution is 5.95. The van der Waals surface area contributed by atoms with Gasteiger partial charge in [-0.2, -0.15) is 0 Å². The van der Waals surface area contributed by atoms with Crippen LogP contribution in [0.25, 0.3) is 11.1 Å². The lowest BCUT2D eigenvalue weighted by Crippen LogP contribution is -2.47. The van der Waals surface area contributed by atoms with Crippen molar-refractivity contribution in [3.8, 4) is 11.1 Å². The van der Waals surface area contributed by atoms with Gasteiger partial charge in [-0.3, -0.25) is 9.78 Å². The van der Waals surface area contributed by atoms with Crippen LogP contribution in [0.15, 0.2) is 42.7 Å². The smallest absolute Gasteiger partial charge is 0.255 e. The number of benzene rings is 1. The Morgan fingerprint density at radius 1 is 1.15 bits per heavy atom. The second-order valence-corrected chi connectivity index (χ2v) is 6.79. The molecule has 1 amide bonds. The third kappa shape index (κ3) is 5.34. The zero-order valence-corrected chi connectivity index (χ0v) is 17.4. The van der Waals surface area contributed by atoms with Gasteiger partial charge >= 0.3 is 0 Å². The Hall–Kier alpha value is -1.82. The summed E-state index contributed by atoms with van der Waals surface area (Å²) >= 11 is 0. The quantitative estimate of drug-likeness (QED) is 0.835. The van der Waals surface area contributed by atoms with E-state index >= 15 is 0 Å². The average molecular weight is 411 g/mol. The molecule has 1 aliphatic rings. The monoisotopic (exact) mass is 410 g/mol. The van der Waals surface area contributed by atoms with E-state index in [1.165, 1.54) is 0 Å². The predicted octanol–water partition coefficient (Wildman–Crippen LogP) is 3.61. The lowest BCUT2D eigenvalue weighted by atomic mass is 10.00. The fraction of sp³-hybridized carbons (Fsp3) is 0.400. The Morgan fingerprint density at radius 3 is 2.48 bits per heavy atom. The molecule has 5 nitrogen and oxygen atoms in total. The van der Waals surface area contributed by atoms with Gasteiger partial charge in [0.15, 0.2) is 0 Å². The molecule has 3 rings (SSSR count). The molecule has 148 valence electrons. The van der Waals surface area contributed by atoms with Crippen LogP contribution in [0.5, 0.6) is 0 Å². The summed E-state index contributed by atoms with van der Waals surface area (Å²) in [6.45, 7) is 1.30. The van der Waals surface area contributed by atoms with E-state index in [-0.39, 0.29) is 36.8 Å². The van der Waals surface area contributed by atoms with E-state index in [0.717, 1.165) is 42.6 Å². The maximum Gasteiger partial charge on any atom is 0.255 e. The number of aromatic nitrogens is 1. The summed E-state index contributed by atoms with van der Waals surface area (Å²) in [5.41, 5.74) is 9.64. The van der Waals surface area contributed by atoms with Crippen LogP contribution in [0.2, 0.25) is 0 Å². The van der Waals surface area contributed by atoms with E-state index in [0.29, 0.717) is 12.1 Å². The summed E-state index contributed by atoms with van der Waals surface area (Å²) in [4.78, 5) is 21.2. The van der Waals surface area contributed by atoms with Crippen LogP contribution in [-0.4, -0.2) is 49.0 Å². The van der Waals surface area contributed by atoms with Crippen LogP contribution >= 0.6 is 24.8 Å². The molecule has 2 heterocycles. The van der Waals surface area contributed by atoms with Gasteiger partial charge in [0.2, 0.25) is 0 Å². The minimum atomic E-state index is 0. The van der Waals surface area contributed by atoms with Gasteiger partial charge in [0.1, 0.15) is 0 Å². The first-order valence-corrected chi connectivity index (χ1v) is 8.84. The summed E-state index contributed by atoms with van der Waals surface area (Å²) in [5.74, 6) is 0.0365. The lowest BCUT2D eigenvalue weighted by molar-refractivity contribution is 0.0623. The Balaban J connectivity index is 0.00000182. The fourth-order valence-electron chi connectivity index (χ4n) is 3.35. The van der Waals surface area contributed by atoms with E-state index in [4.69, 9.17) is 5.73 Å². The molecule has 0 aliphatic carbocycles. The molecule has 7 heteroatoms. The van der Waals surface area contributed by atoms with Gasteiger partial charge in [-0.05, 0) is 43.0 Å². The maximum absolute atomic E-state index is 12.9. The van der Waals surface area contributed by atoms with Gasteiger partial charge in [-0.15, -0.1) is 24.8 Å². The number of carbonyl (C=O) groups is 1. The van der Waals surface area contributed by atoms with Crippen molar-refractivity contribution in [2.45, 2.75) is 25.3 Å². The SMILES string of the molecule is CN(C)c1ccc(-c2cncc(C(=O)N3CCCCC3CN)c2)cc1.Cl.Cl. The van der Waals surface area contributed by atoms with Gasteiger partial charge in [-0.25, -0.2) is 0 Å². The maximum atomic E-state index is 12.9. The molecule has 2 aromatic rings. The van der Waals surface area contributed by atoms with E-state index in [9.17, 15) is 4.79 Å². The van der Waals surface area contributed by atoms with Crippen molar-refractivity contribution in [1.82, 2.24) is 9.88 Å². The van der Waals surface area contributed by atoms with Crippen LogP contribution in [0.1, 0.15) is 29.6 Å². The number of carbonyl (C=O) groups excluding carboxylic acids is 1. The Morgan fingerprint density at radius 2 is 1.85 bits per heavy atom. The van der Waals surface area contributed by atoms with Crippen molar-refractivity contribution in [2.75, 3.05) is 32.1 Å². The topological polar surface area (TPSA) is 62.5 Å². The number of pyridine rings is 1. The molecule has 27 heavy (non-hydrogen) atoms. The number of anilines is 1. The molecule has 1 unspecified atom stereocenters. The molecule has 1 saturated heterocycles. The highest BCUT2D eigenvalue weighted by Crippen LogP contribution is 2.24. The summed E-state index contributed by atoms with van der Waals surface area (Å²) < 4.78 is 0. The highest BCUT2D eigenvalue weighted by Gasteiger charge is 2.26. The van der Waals surface area contributed by atoms with E-state index in [1.54, 1.807) is 12.4 Å². The minimum Gasteiger partial charge on any atom is -0.378 e. The van der Waals surface area contributed by atoms with Crippen LogP contribution in [0.4, 0.5) is 5.69 Å². The largest absolute Gasteiger partial charge is 0.378 e. The van der Waals surface area contributed by atoms with Gasteiger partial charge in [0, 0.05) is 56.9 Å². The van der Waals surface area contributed by atoms with Crippen molar-refractivity contribution >= 4 is 36.4 Å². The Labute approximate surface area is 173 Å². The van der Waals surface area contributed by atoms with Crippen LogP contribution in [0.3, 0.4) is 0 Å². The number of piperidine rings is 1. The van der Waals surface area contributed by atoms with Crippen LogP contribution in [0, 0.1) is 0 Å². The zero-order valence-electron chi connectivity index (χ0n) is 15.8. The molecule has 0 saturated carbocycles. The van der Waals surface area contributed by atoms with Crippen LogP contribution < -0.4 is 10.6 Å². The van der Waals surface area contributed by atoms with Gasteiger partial charge in [-0.1, -0.05) is 12.1 Å². The lowest BCUT2D eigenvalue weighted by Gasteiger charge is -2.35. The third-order valence-electron chi connectivity index (χ3n) is 4.86. The number of halogens is 2. The van der Waals surface area contributed by atoms with Crippen molar-refractivity contribution in [3.63, 3.8) is 0 Å². The summed E-state index contributed by atoms with van der Waals surface area (Å²) in [7, 11) is 4.03. The number of hydrogen-bond acceptors (Lipinski definition) is 4. The van der Waals surface area contributed by atoms with Crippen molar-refractivity contribution in [2.24, 2.45) is 5.73 Å². The summed E-state index contributed by atoms with van der Waals surface area (Å²) in [5, 5.41) is 0. The molecule has 1 aromatic heterocycles. The van der Waals surface area contributed by atoms with Gasteiger partial charge in [0.05, 0.1) is 5.56 Å². The molecule has 1 atom stereocenters. The van der Waals surface area contributed by atoms with Gasteiger partial charge in [0.25, 0.3) is 5.91 Å². The highest BCUT2D eigenvalue weighted by atomic mass is 35.5. The van der Waals surface area contributed by atoms with Gasteiger partial charge < -0.3 is 15.5 Å². The Bertz CT molecular complexity index is 737. The van der Waals surface area contributed by atoms with Crippen molar-refractivity contribution in [1.29, 1.82) is 0 Å². The predicted molar refractivity (Wildman–Crippen MR) is 116 cm³/mol. The molecule has 2 N–H and O–H groups in total. The Kier molecular flexibility index (Phi) is 9.03. The molecular formula is C20H28Cl2N4O. The fourth-order valence-corrected chi connectivity index (χ4v) is 3.35. The number of likely N-dealkylation sites (tertiary alicyclic amines) is 1. The molecule has 0 radical (unpaired) electrons. The van der Waals surface area contributed by atoms with Crippen LogP contribution in [-0.2, 0) is 0 Å². The standard InChI is InChI=1S/C20H26N4O.2ClH/c1-23(2)18-8-6-15(7-9-18)16-11-17(14-22-13-16)20(25)24-10-4-3-5-19(24)12-21;;/h6-9,11,13-14,19H,3-5,10,12,21H2,1-2H3;2*1H. The number of nitrogens with zero attached hydrogens (tertiary/aromatic N) is 3. The first kappa shape index (κ1) is 23.2.